The van der Waals surface area contributed by atoms with Gasteiger partial charge in [0, 0.05) is 37.0 Å². The van der Waals surface area contributed by atoms with E-state index >= 15 is 0 Å². The number of rotatable bonds is 1. The largest absolute Gasteiger partial charge is 0.309 e. The number of nitrogens with zero attached hydrogens (tertiary/aromatic N) is 2. The van der Waals surface area contributed by atoms with Crippen molar-refractivity contribution < 1.29 is 0 Å². The van der Waals surface area contributed by atoms with Gasteiger partial charge >= 0.3 is 0 Å². The lowest BCUT2D eigenvalue weighted by Crippen LogP contribution is -2.37. The van der Waals surface area contributed by atoms with E-state index in [9.17, 15) is 0 Å². The Morgan fingerprint density at radius 1 is 0.380 bits per heavy atom. The summed E-state index contributed by atoms with van der Waals surface area (Å²) in [6, 6.07) is 63.6. The van der Waals surface area contributed by atoms with E-state index in [1.54, 1.807) is 0 Å². The van der Waals surface area contributed by atoms with Crippen LogP contribution in [0.4, 0.5) is 0 Å². The number of hydrogen-bond donors (Lipinski definition) is 0. The zero-order valence-corrected chi connectivity index (χ0v) is 27.8. The van der Waals surface area contributed by atoms with Crippen molar-refractivity contribution in [2.24, 2.45) is 0 Å². The molecule has 0 aliphatic carbocycles. The molecule has 232 valence electrons. The van der Waals surface area contributed by atoms with Gasteiger partial charge in [0.15, 0.2) is 0 Å². The standard InChI is InChI=1S/C47H28N2S/c1-2-13-30-26-31(25-24-29(30)12-1)48-40-20-7-4-15-33(40)35-27-45-39(28-43(35)48)47(37-18-6-10-23-44(37)50-45)36-17-5-9-22-42(36)49-41-21-8-3-14-32(41)34-16-11-19-38(47)46(34)49/h1-28H. The van der Waals surface area contributed by atoms with E-state index in [1.807, 2.05) is 11.8 Å². The summed E-state index contributed by atoms with van der Waals surface area (Å²) in [6.45, 7) is 0. The predicted molar refractivity (Wildman–Crippen MR) is 209 cm³/mol. The predicted octanol–water partition coefficient (Wildman–Crippen LogP) is 12.2. The van der Waals surface area contributed by atoms with Gasteiger partial charge in [0.2, 0.25) is 0 Å². The van der Waals surface area contributed by atoms with Gasteiger partial charge in [-0.3, -0.25) is 0 Å². The van der Waals surface area contributed by atoms with Crippen LogP contribution in [-0.4, -0.2) is 9.13 Å². The minimum atomic E-state index is -0.517. The summed E-state index contributed by atoms with van der Waals surface area (Å²) in [5.41, 5.74) is 12.3. The van der Waals surface area contributed by atoms with Crippen LogP contribution in [0.2, 0.25) is 0 Å². The van der Waals surface area contributed by atoms with Crippen molar-refractivity contribution in [3.8, 4) is 11.4 Å². The second-order valence-corrected chi connectivity index (χ2v) is 14.8. The first-order valence-electron chi connectivity index (χ1n) is 17.3. The summed E-state index contributed by atoms with van der Waals surface area (Å²) in [7, 11) is 0. The smallest absolute Gasteiger partial charge is 0.0765 e. The molecule has 2 aromatic heterocycles. The van der Waals surface area contributed by atoms with Crippen LogP contribution in [0.5, 0.6) is 0 Å². The maximum atomic E-state index is 2.54. The first-order valence-corrected chi connectivity index (χ1v) is 18.1. The molecule has 1 unspecified atom stereocenters. The van der Waals surface area contributed by atoms with Gasteiger partial charge in [-0.15, -0.1) is 0 Å². The number of benzene rings is 8. The molecule has 0 saturated heterocycles. The van der Waals surface area contributed by atoms with E-state index in [0.717, 1.165) is 0 Å². The van der Waals surface area contributed by atoms with E-state index in [-0.39, 0.29) is 0 Å². The molecule has 8 aromatic carbocycles. The van der Waals surface area contributed by atoms with Crippen molar-refractivity contribution in [2.45, 2.75) is 15.2 Å². The van der Waals surface area contributed by atoms with E-state index in [4.69, 9.17) is 0 Å². The fraction of sp³-hybridized carbons (Fsp3) is 0.0213. The molecule has 50 heavy (non-hydrogen) atoms. The Balaban J connectivity index is 1.28. The van der Waals surface area contributed by atoms with Crippen molar-refractivity contribution in [3.63, 3.8) is 0 Å². The Morgan fingerprint density at radius 2 is 1.04 bits per heavy atom. The normalized spacial score (nSPS) is 16.0. The van der Waals surface area contributed by atoms with Crippen molar-refractivity contribution in [1.82, 2.24) is 9.13 Å². The minimum Gasteiger partial charge on any atom is -0.309 e. The molecule has 4 heterocycles. The van der Waals surface area contributed by atoms with E-state index in [1.165, 1.54) is 97.8 Å². The van der Waals surface area contributed by atoms with Gasteiger partial charge < -0.3 is 9.13 Å². The second-order valence-electron chi connectivity index (χ2n) is 13.7. The van der Waals surface area contributed by atoms with Gasteiger partial charge in [0.25, 0.3) is 0 Å². The van der Waals surface area contributed by atoms with E-state index in [0.29, 0.717) is 0 Å². The average molecular weight is 653 g/mol. The summed E-state index contributed by atoms with van der Waals surface area (Å²) >= 11 is 1.91. The maximum absolute atomic E-state index is 2.54. The fourth-order valence-corrected chi connectivity index (χ4v) is 10.6. The molecule has 12 rings (SSSR count). The van der Waals surface area contributed by atoms with Crippen molar-refractivity contribution in [3.05, 3.63) is 192 Å². The lowest BCUT2D eigenvalue weighted by atomic mass is 9.62. The Hall–Kier alpha value is -6.03. The van der Waals surface area contributed by atoms with Crippen LogP contribution in [0.3, 0.4) is 0 Å². The minimum absolute atomic E-state index is 0.517. The van der Waals surface area contributed by atoms with Gasteiger partial charge in [-0.05, 0) is 81.6 Å². The number of fused-ring (bicyclic) bond motifs is 15. The quantitative estimate of drug-likeness (QED) is 0.172. The van der Waals surface area contributed by atoms with Crippen LogP contribution >= 0.6 is 11.8 Å². The molecule has 0 fully saturated rings. The molecule has 0 radical (unpaired) electrons. The highest BCUT2D eigenvalue weighted by Crippen LogP contribution is 2.61. The molecule has 3 heteroatoms. The number of aromatic nitrogens is 2. The van der Waals surface area contributed by atoms with Crippen LogP contribution in [0.1, 0.15) is 22.3 Å². The van der Waals surface area contributed by atoms with Crippen LogP contribution < -0.4 is 0 Å². The maximum Gasteiger partial charge on any atom is 0.0765 e. The van der Waals surface area contributed by atoms with E-state index < -0.39 is 5.41 Å². The zero-order valence-electron chi connectivity index (χ0n) is 27.0. The second kappa shape index (κ2) is 9.56. The van der Waals surface area contributed by atoms with Gasteiger partial charge in [-0.1, -0.05) is 133 Å². The first kappa shape index (κ1) is 26.9. The topological polar surface area (TPSA) is 9.86 Å². The SMILES string of the molecule is c1ccc2c(c1)Sc1cc3c4ccccc4n(-c4ccc5ccccc5c4)c3cc1C21c2ccccc2-n2c3ccccc3c3cccc1c32. The summed E-state index contributed by atoms with van der Waals surface area (Å²) in [5.74, 6) is 0. The molecule has 0 saturated carbocycles. The van der Waals surface area contributed by atoms with Crippen LogP contribution in [0.15, 0.2) is 180 Å². The van der Waals surface area contributed by atoms with Gasteiger partial charge in [0.05, 0.1) is 33.2 Å². The van der Waals surface area contributed by atoms with Crippen LogP contribution in [-0.2, 0) is 5.41 Å². The monoisotopic (exact) mass is 652 g/mol. The molecule has 2 aliphatic rings. The van der Waals surface area contributed by atoms with Crippen molar-refractivity contribution in [2.75, 3.05) is 0 Å². The summed E-state index contributed by atoms with van der Waals surface area (Å²) in [4.78, 5) is 2.63. The lowest BCUT2D eigenvalue weighted by Gasteiger charge is -2.45. The third kappa shape index (κ3) is 3.22. The third-order valence-corrected chi connectivity index (χ3v) is 12.5. The van der Waals surface area contributed by atoms with Crippen LogP contribution in [0, 0.1) is 0 Å². The molecule has 0 N–H and O–H groups in total. The molecule has 2 nitrogen and oxygen atoms in total. The molecular weight excluding hydrogens is 625 g/mol. The molecule has 0 amide bonds. The van der Waals surface area contributed by atoms with Crippen LogP contribution in [0.25, 0.3) is 65.8 Å². The zero-order chi connectivity index (χ0) is 32.6. The average Bonchev–Trinajstić information content (AvgIpc) is 3.69. The summed E-state index contributed by atoms with van der Waals surface area (Å²) in [6.07, 6.45) is 0. The van der Waals surface area contributed by atoms with Gasteiger partial charge in [0.1, 0.15) is 0 Å². The molecule has 1 atom stereocenters. The highest BCUT2D eigenvalue weighted by atomic mass is 32.2. The Bertz CT molecular complexity index is 3090. The number of para-hydroxylation sites is 4. The molecule has 0 bridgehead atoms. The van der Waals surface area contributed by atoms with Crippen molar-refractivity contribution >= 4 is 66.1 Å². The fourth-order valence-electron chi connectivity index (χ4n) is 9.38. The highest BCUT2D eigenvalue weighted by molar-refractivity contribution is 7.99. The molecular formula is C47H28N2S. The first-order chi connectivity index (χ1) is 24.8. The summed E-state index contributed by atoms with van der Waals surface area (Å²) < 4.78 is 5.01. The number of hydrogen-bond acceptors (Lipinski definition) is 1. The molecule has 1 spiro atoms. The Morgan fingerprint density at radius 3 is 1.92 bits per heavy atom. The molecule has 10 aromatic rings. The van der Waals surface area contributed by atoms with Crippen molar-refractivity contribution in [1.29, 1.82) is 0 Å². The third-order valence-electron chi connectivity index (χ3n) is 11.3. The van der Waals surface area contributed by atoms with E-state index in [2.05, 4.69) is 179 Å². The van der Waals surface area contributed by atoms with Gasteiger partial charge in [-0.2, -0.15) is 0 Å². The lowest BCUT2D eigenvalue weighted by molar-refractivity contribution is 0.690. The molecule has 2 aliphatic heterocycles. The Labute approximate surface area is 292 Å². The summed E-state index contributed by atoms with van der Waals surface area (Å²) in [5, 5.41) is 7.65. The highest BCUT2D eigenvalue weighted by Gasteiger charge is 2.49. The van der Waals surface area contributed by atoms with Gasteiger partial charge in [-0.25, -0.2) is 0 Å². The Kier molecular flexibility index (Phi) is 5.14.